The number of rotatable bonds is 7. The maximum absolute atomic E-state index is 3.80. The lowest BCUT2D eigenvalue weighted by molar-refractivity contribution is 0.229. The van der Waals surface area contributed by atoms with Crippen molar-refractivity contribution in [3.63, 3.8) is 0 Å². The van der Waals surface area contributed by atoms with Crippen LogP contribution in [0.15, 0.2) is 0 Å². The number of nitrogens with one attached hydrogen (secondary N) is 1. The molecule has 0 saturated heterocycles. The number of likely N-dealkylation sites (N-methyl/N-ethyl adjacent to an activating group) is 1. The second-order valence-electron chi connectivity index (χ2n) is 6.88. The van der Waals surface area contributed by atoms with Crippen molar-refractivity contribution in [2.45, 2.75) is 83.2 Å². The molecular weight excluding hydrogens is 232 g/mol. The number of hydrogen-bond donors (Lipinski definition) is 1. The van der Waals surface area contributed by atoms with Crippen molar-refractivity contribution in [2.75, 3.05) is 20.1 Å². The zero-order valence-electron chi connectivity index (χ0n) is 13.2. The van der Waals surface area contributed by atoms with E-state index in [-0.39, 0.29) is 0 Å². The van der Waals surface area contributed by atoms with Gasteiger partial charge in [-0.1, -0.05) is 32.6 Å². The standard InChI is InChI=1S/C17H34N2/c1-3-6-15-9-11-16(12-10-15)18-13-14-19(2)17-7-4-5-8-17/h15-18H,3-14H2,1-2H3. The van der Waals surface area contributed by atoms with E-state index in [1.54, 1.807) is 0 Å². The fourth-order valence-corrected chi connectivity index (χ4v) is 4.04. The van der Waals surface area contributed by atoms with Gasteiger partial charge in [0.1, 0.15) is 0 Å². The summed E-state index contributed by atoms with van der Waals surface area (Å²) in [5.74, 6) is 1.03. The third kappa shape index (κ3) is 5.07. The highest BCUT2D eigenvalue weighted by atomic mass is 15.1. The van der Waals surface area contributed by atoms with Crippen molar-refractivity contribution in [3.05, 3.63) is 0 Å². The van der Waals surface area contributed by atoms with Crippen LogP contribution in [0.5, 0.6) is 0 Å². The molecule has 0 aliphatic heterocycles. The van der Waals surface area contributed by atoms with Crippen LogP contribution in [0.4, 0.5) is 0 Å². The smallest absolute Gasteiger partial charge is 0.0107 e. The van der Waals surface area contributed by atoms with Crippen LogP contribution >= 0.6 is 0 Å². The van der Waals surface area contributed by atoms with Crippen LogP contribution in [0, 0.1) is 5.92 Å². The largest absolute Gasteiger partial charge is 0.313 e. The summed E-state index contributed by atoms with van der Waals surface area (Å²) in [6.45, 7) is 4.75. The lowest BCUT2D eigenvalue weighted by Gasteiger charge is -2.30. The molecule has 0 amide bonds. The maximum atomic E-state index is 3.80. The molecule has 2 aliphatic carbocycles. The van der Waals surface area contributed by atoms with Crippen LogP contribution in [0.1, 0.15) is 71.1 Å². The Morgan fingerprint density at radius 1 is 1.00 bits per heavy atom. The molecule has 2 fully saturated rings. The van der Waals surface area contributed by atoms with E-state index in [0.29, 0.717) is 0 Å². The fourth-order valence-electron chi connectivity index (χ4n) is 4.04. The second kappa shape index (κ2) is 8.26. The lowest BCUT2D eigenvalue weighted by Crippen LogP contribution is -2.40. The van der Waals surface area contributed by atoms with Crippen molar-refractivity contribution < 1.29 is 0 Å². The normalized spacial score (nSPS) is 29.2. The van der Waals surface area contributed by atoms with Crippen LogP contribution in [-0.2, 0) is 0 Å². The van der Waals surface area contributed by atoms with Crippen LogP contribution in [-0.4, -0.2) is 37.1 Å². The van der Waals surface area contributed by atoms with E-state index in [1.807, 2.05) is 0 Å². The zero-order valence-corrected chi connectivity index (χ0v) is 13.2. The minimum atomic E-state index is 0.810. The third-order valence-corrected chi connectivity index (χ3v) is 5.39. The molecule has 0 radical (unpaired) electrons. The average molecular weight is 266 g/mol. The van der Waals surface area contributed by atoms with Gasteiger partial charge < -0.3 is 10.2 Å². The first kappa shape index (κ1) is 15.3. The summed E-state index contributed by atoms with van der Waals surface area (Å²) in [5.41, 5.74) is 0. The van der Waals surface area contributed by atoms with Crippen LogP contribution in [0.25, 0.3) is 0 Å². The van der Waals surface area contributed by atoms with E-state index >= 15 is 0 Å². The van der Waals surface area contributed by atoms with E-state index in [4.69, 9.17) is 0 Å². The van der Waals surface area contributed by atoms with Gasteiger partial charge in [0.15, 0.2) is 0 Å². The van der Waals surface area contributed by atoms with Gasteiger partial charge >= 0.3 is 0 Å². The molecule has 2 heteroatoms. The maximum Gasteiger partial charge on any atom is 0.0107 e. The van der Waals surface area contributed by atoms with Gasteiger partial charge in [-0.05, 0) is 51.5 Å². The van der Waals surface area contributed by atoms with Crippen molar-refractivity contribution in [3.8, 4) is 0 Å². The Kier molecular flexibility index (Phi) is 6.66. The molecule has 0 atom stereocenters. The minimum absolute atomic E-state index is 0.810. The average Bonchev–Trinajstić information content (AvgIpc) is 2.95. The summed E-state index contributed by atoms with van der Waals surface area (Å²) in [5, 5.41) is 3.80. The Labute approximate surface area is 120 Å². The van der Waals surface area contributed by atoms with Crippen molar-refractivity contribution in [1.29, 1.82) is 0 Å². The first-order chi connectivity index (χ1) is 9.29. The van der Waals surface area contributed by atoms with E-state index in [1.165, 1.54) is 77.3 Å². The highest BCUT2D eigenvalue weighted by molar-refractivity contribution is 4.79. The predicted molar refractivity (Wildman–Crippen MR) is 83.5 cm³/mol. The molecule has 2 aliphatic rings. The van der Waals surface area contributed by atoms with E-state index in [0.717, 1.165) is 18.0 Å². The minimum Gasteiger partial charge on any atom is -0.313 e. The van der Waals surface area contributed by atoms with Gasteiger partial charge in [-0.25, -0.2) is 0 Å². The third-order valence-electron chi connectivity index (χ3n) is 5.39. The summed E-state index contributed by atoms with van der Waals surface area (Å²) in [6.07, 6.45) is 14.3. The predicted octanol–water partition coefficient (Wildman–Crippen LogP) is 3.81. The molecule has 0 heterocycles. The molecule has 19 heavy (non-hydrogen) atoms. The van der Waals surface area contributed by atoms with Gasteiger partial charge in [-0.3, -0.25) is 0 Å². The molecule has 2 saturated carbocycles. The molecule has 2 nitrogen and oxygen atoms in total. The Morgan fingerprint density at radius 2 is 1.68 bits per heavy atom. The number of nitrogens with zero attached hydrogens (tertiary/aromatic N) is 1. The summed E-state index contributed by atoms with van der Waals surface area (Å²) < 4.78 is 0. The van der Waals surface area contributed by atoms with Gasteiger partial charge in [0.2, 0.25) is 0 Å². The summed E-state index contributed by atoms with van der Waals surface area (Å²) in [6, 6.07) is 1.69. The lowest BCUT2D eigenvalue weighted by atomic mass is 9.83. The Balaban J connectivity index is 1.54. The van der Waals surface area contributed by atoms with Crippen molar-refractivity contribution in [2.24, 2.45) is 5.92 Å². The fraction of sp³-hybridized carbons (Fsp3) is 1.00. The second-order valence-corrected chi connectivity index (χ2v) is 6.88. The first-order valence-corrected chi connectivity index (χ1v) is 8.73. The molecule has 0 spiro atoms. The molecular formula is C17H34N2. The molecule has 0 bridgehead atoms. The monoisotopic (exact) mass is 266 g/mol. The quantitative estimate of drug-likeness (QED) is 0.754. The molecule has 0 unspecified atom stereocenters. The van der Waals surface area contributed by atoms with E-state index < -0.39 is 0 Å². The Hall–Kier alpha value is -0.0800. The summed E-state index contributed by atoms with van der Waals surface area (Å²) >= 11 is 0. The van der Waals surface area contributed by atoms with Gasteiger partial charge in [-0.2, -0.15) is 0 Å². The molecule has 0 aromatic carbocycles. The molecule has 0 aromatic rings. The first-order valence-electron chi connectivity index (χ1n) is 8.73. The molecule has 0 aromatic heterocycles. The van der Waals surface area contributed by atoms with Crippen LogP contribution < -0.4 is 5.32 Å². The van der Waals surface area contributed by atoms with E-state index in [2.05, 4.69) is 24.2 Å². The zero-order chi connectivity index (χ0) is 13.5. The highest BCUT2D eigenvalue weighted by Gasteiger charge is 2.21. The van der Waals surface area contributed by atoms with Crippen molar-refractivity contribution >= 4 is 0 Å². The number of hydrogen-bond acceptors (Lipinski definition) is 2. The van der Waals surface area contributed by atoms with Crippen LogP contribution in [0.3, 0.4) is 0 Å². The van der Waals surface area contributed by atoms with Gasteiger partial charge in [-0.15, -0.1) is 0 Å². The van der Waals surface area contributed by atoms with Crippen LogP contribution in [0.2, 0.25) is 0 Å². The van der Waals surface area contributed by atoms with Gasteiger partial charge in [0, 0.05) is 25.2 Å². The Bertz CT molecular complexity index is 227. The summed E-state index contributed by atoms with van der Waals surface area (Å²) in [7, 11) is 2.32. The van der Waals surface area contributed by atoms with Gasteiger partial charge in [0.05, 0.1) is 0 Å². The molecule has 1 N–H and O–H groups in total. The topological polar surface area (TPSA) is 15.3 Å². The van der Waals surface area contributed by atoms with Gasteiger partial charge in [0.25, 0.3) is 0 Å². The Morgan fingerprint density at radius 3 is 2.32 bits per heavy atom. The van der Waals surface area contributed by atoms with E-state index in [9.17, 15) is 0 Å². The highest BCUT2D eigenvalue weighted by Crippen LogP contribution is 2.27. The summed E-state index contributed by atoms with van der Waals surface area (Å²) in [4.78, 5) is 2.59. The molecule has 112 valence electrons. The SMILES string of the molecule is CCCC1CCC(NCCN(C)C2CCCC2)CC1. The van der Waals surface area contributed by atoms with Crippen molar-refractivity contribution in [1.82, 2.24) is 10.2 Å². The molecule has 2 rings (SSSR count).